The van der Waals surface area contributed by atoms with Crippen LogP contribution in [0, 0.1) is 13.8 Å². The van der Waals surface area contributed by atoms with Crippen LogP contribution >= 0.6 is 0 Å². The molecule has 1 aliphatic heterocycles. The lowest BCUT2D eigenvalue weighted by molar-refractivity contribution is -0.0241. The van der Waals surface area contributed by atoms with Crippen LogP contribution < -0.4 is 5.32 Å². The zero-order valence-electron chi connectivity index (χ0n) is 18.7. The summed E-state index contributed by atoms with van der Waals surface area (Å²) < 4.78 is 12.9. The lowest BCUT2D eigenvalue weighted by atomic mass is 10.0. The fourth-order valence-corrected chi connectivity index (χ4v) is 4.03. The smallest absolute Gasteiger partial charge is 0.409 e. The second-order valence-corrected chi connectivity index (χ2v) is 7.92. The van der Waals surface area contributed by atoms with Crippen LogP contribution in [0.3, 0.4) is 0 Å². The van der Waals surface area contributed by atoms with Crippen LogP contribution in [0.25, 0.3) is 17.0 Å². The highest BCUT2D eigenvalue weighted by atomic mass is 16.5. The number of hydrogen-bond acceptors (Lipinski definition) is 6. The van der Waals surface area contributed by atoms with Gasteiger partial charge in [0.15, 0.2) is 0 Å². The van der Waals surface area contributed by atoms with E-state index in [1.54, 1.807) is 18.1 Å². The number of imidazole rings is 1. The summed E-state index contributed by atoms with van der Waals surface area (Å²) in [6, 6.07) is 5.86. The highest BCUT2D eigenvalue weighted by Crippen LogP contribution is 2.28. The van der Waals surface area contributed by atoms with E-state index in [1.165, 1.54) is 7.11 Å². The van der Waals surface area contributed by atoms with Gasteiger partial charge in [-0.1, -0.05) is 0 Å². The summed E-state index contributed by atoms with van der Waals surface area (Å²) in [5, 5.41) is 2.62. The molecule has 1 aliphatic rings. The molecule has 2 amide bonds. The van der Waals surface area contributed by atoms with E-state index in [2.05, 4.69) is 10.3 Å². The maximum absolute atomic E-state index is 12.0. The Labute approximate surface area is 186 Å². The summed E-state index contributed by atoms with van der Waals surface area (Å²) in [6.45, 7) is 5.33. The fraction of sp³-hybridized carbons (Fsp3) is 0.391. The van der Waals surface area contributed by atoms with Gasteiger partial charge in [0.05, 0.1) is 43.3 Å². The number of carbonyl (C=O) groups excluding carboxylic acids is 2. The van der Waals surface area contributed by atoms with Gasteiger partial charge in [-0.05, 0) is 43.2 Å². The quantitative estimate of drug-likeness (QED) is 0.673. The predicted octanol–water partition coefficient (Wildman–Crippen LogP) is 2.38. The van der Waals surface area contributed by atoms with Crippen molar-refractivity contribution in [1.29, 1.82) is 0 Å². The lowest BCUT2D eigenvalue weighted by Gasteiger charge is -2.32. The molecule has 0 saturated carbocycles. The number of nitrogens with one attached hydrogen (secondary N) is 1. The number of hydrogen-bond donors (Lipinski definition) is 1. The van der Waals surface area contributed by atoms with Gasteiger partial charge in [0.25, 0.3) is 5.91 Å². The van der Waals surface area contributed by atoms with Crippen LogP contribution in [-0.4, -0.2) is 71.2 Å². The van der Waals surface area contributed by atoms with Crippen LogP contribution in [0.5, 0.6) is 0 Å². The molecule has 168 valence electrons. The van der Waals surface area contributed by atoms with Crippen molar-refractivity contribution < 1.29 is 19.1 Å². The minimum absolute atomic E-state index is 0.184. The first-order chi connectivity index (χ1) is 15.4. The van der Waals surface area contributed by atoms with Gasteiger partial charge in [0, 0.05) is 32.4 Å². The third-order valence-electron chi connectivity index (χ3n) is 5.67. The second kappa shape index (κ2) is 8.96. The maximum atomic E-state index is 12.0. The molecular weight excluding hydrogens is 410 g/mol. The summed E-state index contributed by atoms with van der Waals surface area (Å²) in [5.41, 5.74) is 5.68. The molecule has 3 aromatic heterocycles. The molecule has 1 N–H and O–H groups in total. The lowest BCUT2D eigenvalue weighted by Crippen LogP contribution is -2.46. The molecule has 1 atom stereocenters. The number of pyridine rings is 2. The van der Waals surface area contributed by atoms with Crippen molar-refractivity contribution in [2.45, 2.75) is 26.4 Å². The normalized spacial score (nSPS) is 16.2. The Hall–Kier alpha value is -3.46. The highest BCUT2D eigenvalue weighted by molar-refractivity contribution is 5.94. The first-order valence-electron chi connectivity index (χ1n) is 10.5. The molecule has 0 radical (unpaired) electrons. The van der Waals surface area contributed by atoms with Gasteiger partial charge < -0.3 is 24.1 Å². The Morgan fingerprint density at radius 2 is 2.09 bits per heavy atom. The van der Waals surface area contributed by atoms with Gasteiger partial charge in [0.1, 0.15) is 11.3 Å². The van der Waals surface area contributed by atoms with Crippen LogP contribution in [0.1, 0.15) is 27.2 Å². The SMILES string of the molecule is CNC(=O)c1cnc(-c2nc3cc(C)ccn3c2C[C@H]2CN(C(=O)OC)CCO2)c(C)c1. The molecule has 1 fully saturated rings. The van der Waals surface area contributed by atoms with Crippen LogP contribution in [-0.2, 0) is 15.9 Å². The van der Waals surface area contributed by atoms with E-state index in [0.717, 1.165) is 33.9 Å². The van der Waals surface area contributed by atoms with Crippen molar-refractivity contribution in [1.82, 2.24) is 24.6 Å². The number of methoxy groups -OCH3 is 1. The van der Waals surface area contributed by atoms with Crippen molar-refractivity contribution in [3.63, 3.8) is 0 Å². The summed E-state index contributed by atoms with van der Waals surface area (Å²) in [5.74, 6) is -0.184. The molecule has 0 unspecified atom stereocenters. The van der Waals surface area contributed by atoms with Crippen molar-refractivity contribution >= 4 is 17.6 Å². The van der Waals surface area contributed by atoms with Gasteiger partial charge in [-0.25, -0.2) is 9.78 Å². The summed E-state index contributed by atoms with van der Waals surface area (Å²) >= 11 is 0. The monoisotopic (exact) mass is 437 g/mol. The number of ether oxygens (including phenoxy) is 2. The van der Waals surface area contributed by atoms with Gasteiger partial charge >= 0.3 is 6.09 Å². The summed E-state index contributed by atoms with van der Waals surface area (Å²) in [6.07, 6.45) is 3.55. The number of aromatic nitrogens is 3. The molecule has 0 spiro atoms. The number of carbonyl (C=O) groups is 2. The molecule has 1 saturated heterocycles. The minimum Gasteiger partial charge on any atom is -0.453 e. The second-order valence-electron chi connectivity index (χ2n) is 7.92. The van der Waals surface area contributed by atoms with Gasteiger partial charge in [-0.15, -0.1) is 0 Å². The van der Waals surface area contributed by atoms with Crippen LogP contribution in [0.4, 0.5) is 4.79 Å². The number of fused-ring (bicyclic) bond motifs is 1. The Bertz CT molecular complexity index is 1170. The number of amides is 2. The number of rotatable bonds is 4. The minimum atomic E-state index is -0.352. The third-order valence-corrected chi connectivity index (χ3v) is 5.67. The number of morpholine rings is 1. The van der Waals surface area contributed by atoms with Crippen LogP contribution in [0.2, 0.25) is 0 Å². The van der Waals surface area contributed by atoms with E-state index >= 15 is 0 Å². The van der Waals surface area contributed by atoms with Crippen LogP contribution in [0.15, 0.2) is 30.6 Å². The van der Waals surface area contributed by atoms with E-state index in [4.69, 9.17) is 14.5 Å². The molecule has 4 heterocycles. The van der Waals surface area contributed by atoms with Gasteiger partial charge in [-0.3, -0.25) is 9.78 Å². The molecule has 0 aliphatic carbocycles. The topological polar surface area (TPSA) is 98.1 Å². The Morgan fingerprint density at radius 1 is 1.28 bits per heavy atom. The molecule has 32 heavy (non-hydrogen) atoms. The number of aryl methyl sites for hydroxylation is 2. The van der Waals surface area contributed by atoms with Gasteiger partial charge in [-0.2, -0.15) is 0 Å². The summed E-state index contributed by atoms with van der Waals surface area (Å²) in [4.78, 5) is 35.1. The van der Waals surface area contributed by atoms with E-state index in [9.17, 15) is 9.59 Å². The zero-order valence-corrected chi connectivity index (χ0v) is 18.7. The zero-order chi connectivity index (χ0) is 22.8. The molecule has 0 aromatic carbocycles. The van der Waals surface area contributed by atoms with E-state index < -0.39 is 0 Å². The average molecular weight is 438 g/mol. The Balaban J connectivity index is 1.74. The maximum Gasteiger partial charge on any atom is 0.409 e. The largest absolute Gasteiger partial charge is 0.453 e. The van der Waals surface area contributed by atoms with Crippen molar-refractivity contribution in [3.8, 4) is 11.4 Å². The number of nitrogens with zero attached hydrogens (tertiary/aromatic N) is 4. The van der Waals surface area contributed by atoms with E-state index in [0.29, 0.717) is 31.7 Å². The molecule has 9 nitrogen and oxygen atoms in total. The summed E-state index contributed by atoms with van der Waals surface area (Å²) in [7, 11) is 2.98. The predicted molar refractivity (Wildman–Crippen MR) is 119 cm³/mol. The molecule has 3 aromatic rings. The highest BCUT2D eigenvalue weighted by Gasteiger charge is 2.28. The van der Waals surface area contributed by atoms with Crippen molar-refractivity contribution in [2.24, 2.45) is 0 Å². The molecular formula is C23H27N5O4. The Kier molecular flexibility index (Phi) is 6.09. The van der Waals surface area contributed by atoms with Gasteiger partial charge in [0.2, 0.25) is 0 Å². The fourth-order valence-electron chi connectivity index (χ4n) is 4.03. The third kappa shape index (κ3) is 4.16. The standard InChI is InChI=1S/C23H27N5O4/c1-14-5-6-28-18(11-17-13-27(7-8-32-17)23(30)31-4)21(26-19(28)9-14)20-15(2)10-16(12-25-20)22(29)24-3/h5-6,9-10,12,17H,7-8,11,13H2,1-4H3,(H,24,29)/t17-/m0/s1. The van der Waals surface area contributed by atoms with E-state index in [1.807, 2.05) is 42.6 Å². The van der Waals surface area contributed by atoms with Crippen molar-refractivity contribution in [3.05, 3.63) is 53.0 Å². The first kappa shape index (κ1) is 21.8. The van der Waals surface area contributed by atoms with Crippen molar-refractivity contribution in [2.75, 3.05) is 33.9 Å². The first-order valence-corrected chi connectivity index (χ1v) is 10.5. The molecule has 0 bridgehead atoms. The Morgan fingerprint density at radius 3 is 2.81 bits per heavy atom. The van der Waals surface area contributed by atoms with E-state index in [-0.39, 0.29) is 18.1 Å². The molecule has 9 heteroatoms. The average Bonchev–Trinajstić information content (AvgIpc) is 3.14. The molecule has 4 rings (SSSR count).